The lowest BCUT2D eigenvalue weighted by atomic mass is 10.1. The highest BCUT2D eigenvalue weighted by molar-refractivity contribution is 7.98. The van der Waals surface area contributed by atoms with Crippen molar-refractivity contribution in [2.24, 2.45) is 7.05 Å². The number of esters is 1. The first-order valence-corrected chi connectivity index (χ1v) is 7.80. The van der Waals surface area contributed by atoms with Crippen LogP contribution in [-0.4, -0.2) is 38.6 Å². The lowest BCUT2D eigenvalue weighted by molar-refractivity contribution is 0.0525. The van der Waals surface area contributed by atoms with Crippen molar-refractivity contribution in [1.29, 1.82) is 0 Å². The molecule has 7 heteroatoms. The van der Waals surface area contributed by atoms with E-state index < -0.39 is 5.97 Å². The maximum Gasteiger partial charge on any atom is 0.342 e. The zero-order valence-corrected chi connectivity index (χ0v) is 13.6. The van der Waals surface area contributed by atoms with Gasteiger partial charge >= 0.3 is 5.97 Å². The third kappa shape index (κ3) is 2.92. The minimum Gasteiger partial charge on any atom is -0.462 e. The van der Waals surface area contributed by atoms with Gasteiger partial charge in [-0.15, -0.1) is 0 Å². The molecule has 0 amide bonds. The molecule has 0 N–H and O–H groups in total. The zero-order chi connectivity index (χ0) is 15.6. The fourth-order valence-electron chi connectivity index (χ4n) is 2.01. The van der Waals surface area contributed by atoms with Gasteiger partial charge in [0, 0.05) is 18.3 Å². The number of thioether (sulfide) groups is 1. The van der Waals surface area contributed by atoms with Gasteiger partial charge < -0.3 is 4.74 Å². The molecule has 0 saturated carbocycles. The van der Waals surface area contributed by atoms with Crippen molar-refractivity contribution in [3.8, 4) is 11.3 Å². The maximum absolute atomic E-state index is 12.2. The number of hydrogen-bond donors (Lipinski definition) is 0. The van der Waals surface area contributed by atoms with E-state index in [0.29, 0.717) is 28.7 Å². The van der Waals surface area contributed by atoms with Crippen LogP contribution in [0.1, 0.15) is 28.7 Å². The van der Waals surface area contributed by atoms with Gasteiger partial charge in [-0.05, 0) is 27.0 Å². The second-order valence-electron chi connectivity index (χ2n) is 4.51. The number of hydrogen-bond acceptors (Lipinski definition) is 6. The van der Waals surface area contributed by atoms with Crippen LogP contribution in [0.4, 0.5) is 0 Å². The first kappa shape index (κ1) is 15.5. The summed E-state index contributed by atoms with van der Waals surface area (Å²) in [5.41, 5.74) is 3.36. The second kappa shape index (κ2) is 6.26. The van der Waals surface area contributed by atoms with Crippen LogP contribution in [0.5, 0.6) is 0 Å². The molecule has 2 rings (SSSR count). The lowest BCUT2D eigenvalue weighted by Crippen LogP contribution is -2.12. The summed E-state index contributed by atoms with van der Waals surface area (Å²) in [7, 11) is 1.85. The Balaban J connectivity index is 2.69. The molecule has 2 aromatic heterocycles. The molecule has 21 heavy (non-hydrogen) atoms. The fraction of sp³-hybridized carbons (Fsp3) is 0.429. The first-order valence-electron chi connectivity index (χ1n) is 6.58. The molecule has 0 aliphatic heterocycles. The van der Waals surface area contributed by atoms with Crippen LogP contribution >= 0.6 is 11.8 Å². The third-order valence-corrected chi connectivity index (χ3v) is 3.77. The van der Waals surface area contributed by atoms with Crippen LogP contribution < -0.4 is 0 Å². The normalized spacial score (nSPS) is 10.7. The molecule has 0 aliphatic carbocycles. The van der Waals surface area contributed by atoms with Crippen molar-refractivity contribution >= 4 is 17.7 Å². The standard InChI is InChI=1S/C14H18N4O2S/c1-6-20-13(19)11-8(2)16-14(21-5)17-12(11)10-7-15-18(4)9(10)3/h7H,6H2,1-5H3. The molecule has 0 fully saturated rings. The molecule has 0 radical (unpaired) electrons. The van der Waals surface area contributed by atoms with Crippen molar-refractivity contribution in [1.82, 2.24) is 19.7 Å². The van der Waals surface area contributed by atoms with E-state index in [2.05, 4.69) is 15.1 Å². The fourth-order valence-corrected chi connectivity index (χ4v) is 2.42. The Morgan fingerprint density at radius 3 is 2.62 bits per heavy atom. The van der Waals surface area contributed by atoms with E-state index in [9.17, 15) is 4.79 Å². The number of rotatable bonds is 4. The predicted octanol–water partition coefficient (Wildman–Crippen LogP) is 2.39. The Labute approximate surface area is 127 Å². The summed E-state index contributed by atoms with van der Waals surface area (Å²) in [6, 6.07) is 0. The topological polar surface area (TPSA) is 69.9 Å². The highest BCUT2D eigenvalue weighted by Gasteiger charge is 2.23. The smallest absolute Gasteiger partial charge is 0.342 e. The van der Waals surface area contributed by atoms with Crippen LogP contribution in [-0.2, 0) is 11.8 Å². The van der Waals surface area contributed by atoms with E-state index in [1.807, 2.05) is 20.2 Å². The van der Waals surface area contributed by atoms with Gasteiger partial charge in [0.25, 0.3) is 0 Å². The SMILES string of the molecule is CCOC(=O)c1c(C)nc(SC)nc1-c1cnn(C)c1C. The molecule has 0 aliphatic rings. The van der Waals surface area contributed by atoms with Gasteiger partial charge in [-0.3, -0.25) is 4.68 Å². The monoisotopic (exact) mass is 306 g/mol. The molecular weight excluding hydrogens is 288 g/mol. The predicted molar refractivity (Wildman–Crippen MR) is 81.4 cm³/mol. The van der Waals surface area contributed by atoms with Gasteiger partial charge in [-0.1, -0.05) is 11.8 Å². The summed E-state index contributed by atoms with van der Waals surface area (Å²) in [4.78, 5) is 21.1. The Bertz CT molecular complexity index is 682. The molecule has 0 aromatic carbocycles. The zero-order valence-electron chi connectivity index (χ0n) is 12.8. The van der Waals surface area contributed by atoms with Crippen LogP contribution in [0.25, 0.3) is 11.3 Å². The van der Waals surface area contributed by atoms with Crippen LogP contribution in [0.15, 0.2) is 11.4 Å². The average Bonchev–Trinajstić information content (AvgIpc) is 2.78. The summed E-state index contributed by atoms with van der Waals surface area (Å²) < 4.78 is 6.89. The summed E-state index contributed by atoms with van der Waals surface area (Å²) in [5.74, 6) is -0.402. The molecule has 2 heterocycles. The van der Waals surface area contributed by atoms with Crippen molar-refractivity contribution in [2.45, 2.75) is 25.9 Å². The van der Waals surface area contributed by atoms with Crippen molar-refractivity contribution < 1.29 is 9.53 Å². The van der Waals surface area contributed by atoms with Gasteiger partial charge in [-0.2, -0.15) is 5.10 Å². The van der Waals surface area contributed by atoms with Crippen molar-refractivity contribution in [3.63, 3.8) is 0 Å². The Morgan fingerprint density at radius 2 is 2.10 bits per heavy atom. The van der Waals surface area contributed by atoms with Crippen molar-refractivity contribution in [3.05, 3.63) is 23.1 Å². The molecule has 0 bridgehead atoms. The Hall–Kier alpha value is -1.89. The van der Waals surface area contributed by atoms with Gasteiger partial charge in [0.05, 0.1) is 24.2 Å². The highest BCUT2D eigenvalue weighted by Crippen LogP contribution is 2.28. The van der Waals surface area contributed by atoms with Gasteiger partial charge in [-0.25, -0.2) is 14.8 Å². The first-order chi connectivity index (χ1) is 9.99. The number of aryl methyl sites for hydroxylation is 2. The molecular formula is C14H18N4O2S. The van der Waals surface area contributed by atoms with Gasteiger partial charge in [0.15, 0.2) is 5.16 Å². The molecule has 2 aromatic rings. The third-order valence-electron chi connectivity index (χ3n) is 3.22. The number of nitrogens with zero attached hydrogens (tertiary/aromatic N) is 4. The van der Waals surface area contributed by atoms with E-state index in [-0.39, 0.29) is 0 Å². The molecule has 0 atom stereocenters. The number of aromatic nitrogens is 4. The summed E-state index contributed by atoms with van der Waals surface area (Å²) in [6.07, 6.45) is 3.61. The molecule has 0 spiro atoms. The Kier molecular flexibility index (Phi) is 4.62. The van der Waals surface area contributed by atoms with Crippen LogP contribution in [0.3, 0.4) is 0 Å². The van der Waals surface area contributed by atoms with Crippen LogP contribution in [0, 0.1) is 13.8 Å². The van der Waals surface area contributed by atoms with E-state index >= 15 is 0 Å². The summed E-state index contributed by atoms with van der Waals surface area (Å²) in [6.45, 7) is 5.82. The number of ether oxygens (including phenoxy) is 1. The van der Waals surface area contributed by atoms with Crippen molar-refractivity contribution in [2.75, 3.05) is 12.9 Å². The quantitative estimate of drug-likeness (QED) is 0.491. The van der Waals surface area contributed by atoms with E-state index in [0.717, 1.165) is 11.3 Å². The van der Waals surface area contributed by atoms with Gasteiger partial charge in [0.1, 0.15) is 5.56 Å². The Morgan fingerprint density at radius 1 is 1.38 bits per heavy atom. The lowest BCUT2D eigenvalue weighted by Gasteiger charge is -2.11. The highest BCUT2D eigenvalue weighted by atomic mass is 32.2. The van der Waals surface area contributed by atoms with E-state index in [1.165, 1.54) is 11.8 Å². The largest absolute Gasteiger partial charge is 0.462 e. The van der Waals surface area contributed by atoms with Gasteiger partial charge in [0.2, 0.25) is 0 Å². The molecule has 112 valence electrons. The van der Waals surface area contributed by atoms with Crippen LogP contribution in [0.2, 0.25) is 0 Å². The number of carbonyl (C=O) groups is 1. The molecule has 6 nitrogen and oxygen atoms in total. The maximum atomic E-state index is 12.2. The van der Waals surface area contributed by atoms with E-state index in [4.69, 9.17) is 4.74 Å². The minimum absolute atomic E-state index is 0.314. The number of carbonyl (C=O) groups excluding carboxylic acids is 1. The van der Waals surface area contributed by atoms with E-state index in [1.54, 1.807) is 24.7 Å². The summed E-state index contributed by atoms with van der Waals surface area (Å²) >= 11 is 1.44. The summed E-state index contributed by atoms with van der Waals surface area (Å²) in [5, 5.41) is 4.85. The molecule has 0 saturated heterocycles. The average molecular weight is 306 g/mol. The second-order valence-corrected chi connectivity index (χ2v) is 5.28. The minimum atomic E-state index is -0.402. The molecule has 0 unspecified atom stereocenters.